The first kappa shape index (κ1) is 12.8. The number of aliphatic imine (C=N–C) groups is 1. The van der Waals surface area contributed by atoms with Gasteiger partial charge in [-0.25, -0.2) is 4.99 Å². The van der Waals surface area contributed by atoms with Gasteiger partial charge in [-0.05, 0) is 29.3 Å². The minimum absolute atomic E-state index is 0.0900. The average Bonchev–Trinajstić information content (AvgIpc) is 2.77. The number of nitrogens with zero attached hydrogens (tertiary/aromatic N) is 2. The van der Waals surface area contributed by atoms with Crippen LogP contribution >= 0.6 is 0 Å². The second kappa shape index (κ2) is 4.53. The van der Waals surface area contributed by atoms with E-state index in [0.29, 0.717) is 23.5 Å². The normalized spacial score (nSPS) is 15.0. The van der Waals surface area contributed by atoms with Crippen LogP contribution in [0.2, 0.25) is 0 Å². The van der Waals surface area contributed by atoms with E-state index in [9.17, 15) is 9.59 Å². The molecule has 0 aromatic heterocycles. The maximum Gasteiger partial charge on any atom is 0.307 e. The van der Waals surface area contributed by atoms with Crippen molar-refractivity contribution >= 4 is 29.0 Å². The molecule has 2 aliphatic heterocycles. The van der Waals surface area contributed by atoms with E-state index in [-0.39, 0.29) is 12.2 Å². The molecule has 5 nitrogen and oxygen atoms in total. The van der Waals surface area contributed by atoms with Crippen LogP contribution in [0, 0.1) is 0 Å². The summed E-state index contributed by atoms with van der Waals surface area (Å²) in [6.45, 7) is 0.603. The quantitative estimate of drug-likeness (QED) is 0.923. The van der Waals surface area contributed by atoms with Gasteiger partial charge in [0.2, 0.25) is 5.78 Å². The van der Waals surface area contributed by atoms with Crippen molar-refractivity contribution in [2.75, 3.05) is 4.90 Å². The zero-order chi connectivity index (χ0) is 15.3. The molecule has 0 bridgehead atoms. The van der Waals surface area contributed by atoms with Crippen molar-refractivity contribution in [2.45, 2.75) is 13.0 Å². The number of para-hydroxylation sites is 1. The molecule has 22 heavy (non-hydrogen) atoms. The molecule has 5 heteroatoms. The Morgan fingerprint density at radius 2 is 2.05 bits per heavy atom. The maximum atomic E-state index is 12.6. The van der Waals surface area contributed by atoms with Gasteiger partial charge in [0.05, 0.1) is 24.3 Å². The fourth-order valence-electron chi connectivity index (χ4n) is 2.95. The molecule has 0 spiro atoms. The van der Waals surface area contributed by atoms with E-state index < -0.39 is 5.97 Å². The van der Waals surface area contributed by atoms with Gasteiger partial charge < -0.3 is 10.0 Å². The molecule has 4 rings (SSSR count). The van der Waals surface area contributed by atoms with E-state index in [4.69, 9.17) is 5.11 Å². The number of carbonyl (C=O) groups excluding carboxylic acids is 1. The molecule has 0 saturated carbocycles. The molecule has 0 unspecified atom stereocenters. The van der Waals surface area contributed by atoms with E-state index in [1.165, 1.54) is 0 Å². The molecule has 2 aromatic rings. The maximum absolute atomic E-state index is 12.6. The lowest BCUT2D eigenvalue weighted by Gasteiger charge is -2.24. The van der Waals surface area contributed by atoms with Gasteiger partial charge in [0.25, 0.3) is 0 Å². The molecule has 108 valence electrons. The number of amidine groups is 1. The lowest BCUT2D eigenvalue weighted by Crippen LogP contribution is -2.31. The number of hydrogen-bond acceptors (Lipinski definition) is 4. The number of hydrogen-bond donors (Lipinski definition) is 1. The Bertz CT molecular complexity index is 855. The molecule has 0 saturated heterocycles. The number of Topliss-reactive ketones (excluding diaryl/α,β-unsaturated/α-hetero) is 1. The minimum atomic E-state index is -0.909. The Morgan fingerprint density at radius 3 is 2.86 bits per heavy atom. The van der Waals surface area contributed by atoms with Gasteiger partial charge >= 0.3 is 5.97 Å². The number of benzene rings is 2. The molecule has 1 N–H and O–H groups in total. The summed E-state index contributed by atoms with van der Waals surface area (Å²) in [6.07, 6.45) is -0.0900. The average molecular weight is 292 g/mol. The van der Waals surface area contributed by atoms with Gasteiger partial charge in [-0.2, -0.15) is 0 Å². The van der Waals surface area contributed by atoms with Gasteiger partial charge in [-0.1, -0.05) is 24.3 Å². The Balaban J connectivity index is 1.80. The molecule has 2 aliphatic rings. The fraction of sp³-hybridized carbons (Fsp3) is 0.118. The predicted octanol–water partition coefficient (Wildman–Crippen LogP) is 2.56. The summed E-state index contributed by atoms with van der Waals surface area (Å²) in [5, 5.41) is 8.89. The first-order chi connectivity index (χ1) is 10.6. The van der Waals surface area contributed by atoms with Crippen LogP contribution in [0.5, 0.6) is 0 Å². The minimum Gasteiger partial charge on any atom is -0.481 e. The summed E-state index contributed by atoms with van der Waals surface area (Å²) in [6, 6.07) is 13.0. The van der Waals surface area contributed by atoms with E-state index in [1.807, 2.05) is 35.2 Å². The van der Waals surface area contributed by atoms with Gasteiger partial charge in [-0.3, -0.25) is 9.59 Å². The molecular formula is C17H12N2O3. The van der Waals surface area contributed by atoms with Crippen LogP contribution in [-0.2, 0) is 17.8 Å². The summed E-state index contributed by atoms with van der Waals surface area (Å²) >= 11 is 0. The van der Waals surface area contributed by atoms with Crippen LogP contribution in [0.1, 0.15) is 21.5 Å². The number of anilines is 1. The molecule has 0 radical (unpaired) electrons. The molecule has 2 aromatic carbocycles. The van der Waals surface area contributed by atoms with Crippen LogP contribution in [0.15, 0.2) is 47.5 Å². The van der Waals surface area contributed by atoms with Crippen LogP contribution in [0.25, 0.3) is 0 Å². The third kappa shape index (κ3) is 1.83. The molecule has 2 heterocycles. The number of ketones is 1. The summed E-state index contributed by atoms with van der Waals surface area (Å²) in [5.74, 6) is -0.634. The van der Waals surface area contributed by atoms with Crippen molar-refractivity contribution < 1.29 is 14.7 Å². The molecule has 0 atom stereocenters. The summed E-state index contributed by atoms with van der Waals surface area (Å²) in [7, 11) is 0. The Labute approximate surface area is 126 Å². The van der Waals surface area contributed by atoms with Crippen molar-refractivity contribution in [1.82, 2.24) is 0 Å². The second-order valence-corrected chi connectivity index (χ2v) is 5.40. The van der Waals surface area contributed by atoms with E-state index in [2.05, 4.69) is 4.99 Å². The third-order valence-electron chi connectivity index (χ3n) is 3.96. The summed E-state index contributed by atoms with van der Waals surface area (Å²) < 4.78 is 0. The predicted molar refractivity (Wildman–Crippen MR) is 81.8 cm³/mol. The van der Waals surface area contributed by atoms with Crippen LogP contribution in [0.3, 0.4) is 0 Å². The molecular weight excluding hydrogens is 280 g/mol. The van der Waals surface area contributed by atoms with Gasteiger partial charge in [0.1, 0.15) is 0 Å². The van der Waals surface area contributed by atoms with Crippen molar-refractivity contribution in [3.8, 4) is 0 Å². The van der Waals surface area contributed by atoms with Crippen LogP contribution < -0.4 is 4.90 Å². The van der Waals surface area contributed by atoms with E-state index in [1.54, 1.807) is 12.1 Å². The largest absolute Gasteiger partial charge is 0.481 e. The van der Waals surface area contributed by atoms with Gasteiger partial charge in [-0.15, -0.1) is 0 Å². The highest BCUT2D eigenvalue weighted by Crippen LogP contribution is 2.37. The lowest BCUT2D eigenvalue weighted by atomic mass is 10.1. The number of carbonyl (C=O) groups is 2. The SMILES string of the molecule is O=C(O)Cc1ccc2c(c1)C(=O)C1=Nc3ccccc3CN12. The molecule has 0 amide bonds. The highest BCUT2D eigenvalue weighted by molar-refractivity contribution is 6.55. The summed E-state index contributed by atoms with van der Waals surface area (Å²) in [4.78, 5) is 29.8. The number of fused-ring (bicyclic) bond motifs is 4. The number of carboxylic acid groups (broad SMARTS) is 1. The van der Waals surface area contributed by atoms with Gasteiger partial charge in [0.15, 0.2) is 5.84 Å². The lowest BCUT2D eigenvalue weighted by molar-refractivity contribution is -0.136. The number of aliphatic carboxylic acids is 1. The smallest absolute Gasteiger partial charge is 0.307 e. The topological polar surface area (TPSA) is 70.0 Å². The zero-order valence-electron chi connectivity index (χ0n) is 11.6. The van der Waals surface area contributed by atoms with Crippen molar-refractivity contribution in [1.29, 1.82) is 0 Å². The van der Waals surface area contributed by atoms with Crippen molar-refractivity contribution in [3.05, 3.63) is 59.2 Å². The van der Waals surface area contributed by atoms with E-state index in [0.717, 1.165) is 16.9 Å². The highest BCUT2D eigenvalue weighted by atomic mass is 16.4. The van der Waals surface area contributed by atoms with Crippen molar-refractivity contribution in [3.63, 3.8) is 0 Å². The molecule has 0 aliphatic carbocycles. The number of rotatable bonds is 2. The third-order valence-corrected chi connectivity index (χ3v) is 3.96. The number of carboxylic acids is 1. The van der Waals surface area contributed by atoms with Gasteiger partial charge in [0, 0.05) is 5.56 Å². The summed E-state index contributed by atoms with van der Waals surface area (Å²) in [5.41, 5.74) is 3.84. The van der Waals surface area contributed by atoms with Crippen LogP contribution in [0.4, 0.5) is 11.4 Å². The molecule has 0 fully saturated rings. The monoisotopic (exact) mass is 292 g/mol. The zero-order valence-corrected chi connectivity index (χ0v) is 11.6. The Morgan fingerprint density at radius 1 is 1.23 bits per heavy atom. The highest BCUT2D eigenvalue weighted by Gasteiger charge is 2.36. The van der Waals surface area contributed by atoms with Crippen molar-refractivity contribution in [2.24, 2.45) is 4.99 Å². The standard InChI is InChI=1S/C17H12N2O3/c20-15(21)8-10-5-6-14-12(7-10)16(22)17-18-13-4-2-1-3-11(13)9-19(14)17/h1-7H,8-9H2,(H,20,21). The van der Waals surface area contributed by atoms with E-state index >= 15 is 0 Å². The Kier molecular flexibility index (Phi) is 2.63. The first-order valence-electron chi connectivity index (χ1n) is 6.97. The second-order valence-electron chi connectivity index (χ2n) is 5.40. The fourth-order valence-corrected chi connectivity index (χ4v) is 2.95. The first-order valence-corrected chi connectivity index (χ1v) is 6.97. The Hall–Kier alpha value is -2.95. The van der Waals surface area contributed by atoms with Crippen LogP contribution in [-0.4, -0.2) is 22.7 Å².